The maximum Gasteiger partial charge on any atom is 0.344 e. The molecule has 0 atom stereocenters. The summed E-state index contributed by atoms with van der Waals surface area (Å²) in [5.74, 6) is -0.514. The van der Waals surface area contributed by atoms with Gasteiger partial charge in [-0.25, -0.2) is 14.3 Å². The standard InChI is InChI=1S/C12H12FN3O2S/c1-7(2)16-11(18)14-15-12(16)19-10-8(6-17)4-3-5-9(10)13/h3-7H,1-2H3,(H,14,18). The zero-order valence-corrected chi connectivity index (χ0v) is 11.2. The molecule has 2 rings (SSSR count). The zero-order valence-electron chi connectivity index (χ0n) is 10.4. The summed E-state index contributed by atoms with van der Waals surface area (Å²) >= 11 is 0.956. The fourth-order valence-corrected chi connectivity index (χ4v) is 2.70. The van der Waals surface area contributed by atoms with E-state index in [1.165, 1.54) is 22.8 Å². The lowest BCUT2D eigenvalue weighted by Crippen LogP contribution is -2.19. The monoisotopic (exact) mass is 281 g/mol. The lowest BCUT2D eigenvalue weighted by molar-refractivity contribution is 0.112. The Morgan fingerprint density at radius 1 is 1.47 bits per heavy atom. The third-order valence-corrected chi connectivity index (χ3v) is 3.61. The van der Waals surface area contributed by atoms with Gasteiger partial charge in [0.2, 0.25) is 0 Å². The predicted octanol–water partition coefficient (Wildman–Crippen LogP) is 2.26. The van der Waals surface area contributed by atoms with Gasteiger partial charge in [-0.2, -0.15) is 0 Å². The molecule has 19 heavy (non-hydrogen) atoms. The van der Waals surface area contributed by atoms with Gasteiger partial charge < -0.3 is 0 Å². The van der Waals surface area contributed by atoms with E-state index >= 15 is 0 Å². The molecule has 2 aromatic rings. The van der Waals surface area contributed by atoms with Crippen molar-refractivity contribution in [3.8, 4) is 0 Å². The van der Waals surface area contributed by atoms with Crippen LogP contribution in [-0.4, -0.2) is 21.1 Å². The average Bonchev–Trinajstić information content (AvgIpc) is 2.73. The summed E-state index contributed by atoms with van der Waals surface area (Å²) in [6, 6.07) is 4.13. The van der Waals surface area contributed by atoms with Gasteiger partial charge in [0, 0.05) is 11.6 Å². The Hall–Kier alpha value is -1.89. The number of aromatic nitrogens is 3. The number of aldehydes is 1. The molecule has 1 heterocycles. The molecule has 0 amide bonds. The lowest BCUT2D eigenvalue weighted by atomic mass is 10.2. The number of rotatable bonds is 4. The number of nitrogens with zero attached hydrogens (tertiary/aromatic N) is 2. The van der Waals surface area contributed by atoms with Gasteiger partial charge in [-0.15, -0.1) is 5.10 Å². The van der Waals surface area contributed by atoms with Gasteiger partial charge >= 0.3 is 5.69 Å². The predicted molar refractivity (Wildman–Crippen MR) is 69.1 cm³/mol. The van der Waals surface area contributed by atoms with Crippen LogP contribution in [0.25, 0.3) is 0 Å². The second kappa shape index (κ2) is 5.40. The first kappa shape index (κ1) is 13.5. The topological polar surface area (TPSA) is 67.8 Å². The molecular formula is C12H12FN3O2S. The molecule has 0 unspecified atom stereocenters. The lowest BCUT2D eigenvalue weighted by Gasteiger charge is -2.09. The van der Waals surface area contributed by atoms with E-state index in [0.29, 0.717) is 11.4 Å². The van der Waals surface area contributed by atoms with Crippen molar-refractivity contribution in [1.29, 1.82) is 0 Å². The average molecular weight is 281 g/mol. The first-order valence-electron chi connectivity index (χ1n) is 5.63. The third kappa shape index (κ3) is 2.60. The highest BCUT2D eigenvalue weighted by atomic mass is 32.2. The number of hydrogen-bond acceptors (Lipinski definition) is 4. The van der Waals surface area contributed by atoms with Crippen LogP contribution in [0.2, 0.25) is 0 Å². The van der Waals surface area contributed by atoms with Crippen LogP contribution in [0.5, 0.6) is 0 Å². The van der Waals surface area contributed by atoms with Crippen molar-refractivity contribution in [2.45, 2.75) is 29.9 Å². The van der Waals surface area contributed by atoms with Gasteiger partial charge in [0.05, 0.1) is 4.90 Å². The number of hydrogen-bond donors (Lipinski definition) is 1. The largest absolute Gasteiger partial charge is 0.344 e. The normalized spacial score (nSPS) is 10.9. The summed E-state index contributed by atoms with van der Waals surface area (Å²) in [5.41, 5.74) is -0.128. The highest BCUT2D eigenvalue weighted by Gasteiger charge is 2.16. The molecule has 100 valence electrons. The fourth-order valence-electron chi connectivity index (χ4n) is 1.63. The molecule has 0 saturated heterocycles. The van der Waals surface area contributed by atoms with E-state index in [1.54, 1.807) is 0 Å². The third-order valence-electron chi connectivity index (χ3n) is 2.51. The van der Waals surface area contributed by atoms with E-state index in [2.05, 4.69) is 10.2 Å². The maximum absolute atomic E-state index is 13.8. The van der Waals surface area contributed by atoms with Crippen molar-refractivity contribution < 1.29 is 9.18 Å². The van der Waals surface area contributed by atoms with Gasteiger partial charge in [-0.3, -0.25) is 9.36 Å². The first-order chi connectivity index (χ1) is 9.04. The van der Waals surface area contributed by atoms with Gasteiger partial charge in [-0.05, 0) is 31.7 Å². The number of nitrogens with one attached hydrogen (secondary N) is 1. The zero-order chi connectivity index (χ0) is 14.0. The van der Waals surface area contributed by atoms with Crippen LogP contribution in [0.4, 0.5) is 4.39 Å². The van der Waals surface area contributed by atoms with E-state index < -0.39 is 5.82 Å². The Bertz CT molecular complexity index is 663. The number of H-pyrrole nitrogens is 1. The highest BCUT2D eigenvalue weighted by Crippen LogP contribution is 2.31. The van der Waals surface area contributed by atoms with Gasteiger partial charge in [0.25, 0.3) is 0 Å². The summed E-state index contributed by atoms with van der Waals surface area (Å²) in [4.78, 5) is 22.7. The highest BCUT2D eigenvalue weighted by molar-refractivity contribution is 7.99. The smallest absolute Gasteiger partial charge is 0.298 e. The van der Waals surface area contributed by atoms with Crippen LogP contribution in [0.3, 0.4) is 0 Å². The number of benzene rings is 1. The van der Waals surface area contributed by atoms with Crippen molar-refractivity contribution in [1.82, 2.24) is 14.8 Å². The van der Waals surface area contributed by atoms with Gasteiger partial charge in [-0.1, -0.05) is 12.1 Å². The molecule has 0 aliphatic carbocycles. The van der Waals surface area contributed by atoms with Crippen LogP contribution >= 0.6 is 11.8 Å². The minimum Gasteiger partial charge on any atom is -0.298 e. The molecule has 5 nitrogen and oxygen atoms in total. The molecule has 1 aromatic carbocycles. The molecule has 0 saturated carbocycles. The second-order valence-electron chi connectivity index (χ2n) is 4.15. The summed E-state index contributed by atoms with van der Waals surface area (Å²) < 4.78 is 15.2. The molecule has 1 N–H and O–H groups in total. The summed E-state index contributed by atoms with van der Waals surface area (Å²) in [6.45, 7) is 3.64. The van der Waals surface area contributed by atoms with E-state index in [9.17, 15) is 14.0 Å². The molecule has 0 bridgehead atoms. The van der Waals surface area contributed by atoms with Crippen molar-refractivity contribution in [3.63, 3.8) is 0 Å². The van der Waals surface area contributed by atoms with E-state index in [-0.39, 0.29) is 22.2 Å². The van der Waals surface area contributed by atoms with Crippen LogP contribution < -0.4 is 5.69 Å². The van der Waals surface area contributed by atoms with Crippen molar-refractivity contribution in [2.24, 2.45) is 0 Å². The molecule has 0 aliphatic heterocycles. The summed E-state index contributed by atoms with van der Waals surface area (Å²) in [5, 5.41) is 6.50. The quantitative estimate of drug-likeness (QED) is 0.873. The summed E-state index contributed by atoms with van der Waals surface area (Å²) in [6.07, 6.45) is 0.579. The number of carbonyl (C=O) groups excluding carboxylic acids is 1. The Morgan fingerprint density at radius 3 is 2.84 bits per heavy atom. The van der Waals surface area contributed by atoms with Gasteiger partial charge in [0.1, 0.15) is 5.82 Å². The minimum absolute atomic E-state index is 0.111. The Kier molecular flexibility index (Phi) is 3.84. The number of carbonyl (C=O) groups is 1. The maximum atomic E-state index is 13.8. The minimum atomic E-state index is -0.514. The van der Waals surface area contributed by atoms with Gasteiger partial charge in [0.15, 0.2) is 11.4 Å². The van der Waals surface area contributed by atoms with Crippen molar-refractivity contribution >= 4 is 18.0 Å². The molecule has 0 radical (unpaired) electrons. The molecule has 0 aliphatic rings. The van der Waals surface area contributed by atoms with E-state index in [1.807, 2.05) is 13.8 Å². The van der Waals surface area contributed by atoms with Crippen molar-refractivity contribution in [3.05, 3.63) is 40.1 Å². The fraction of sp³-hybridized carbons (Fsp3) is 0.250. The van der Waals surface area contributed by atoms with Crippen LogP contribution in [0.1, 0.15) is 30.2 Å². The Morgan fingerprint density at radius 2 is 2.21 bits per heavy atom. The SMILES string of the molecule is CC(C)n1c(Sc2c(F)cccc2C=O)n[nH]c1=O. The molecule has 1 aromatic heterocycles. The first-order valence-corrected chi connectivity index (χ1v) is 6.44. The van der Waals surface area contributed by atoms with Crippen LogP contribution in [0.15, 0.2) is 33.0 Å². The summed E-state index contributed by atoms with van der Waals surface area (Å²) in [7, 11) is 0. The Labute approximate surface area is 112 Å². The molecule has 0 fully saturated rings. The second-order valence-corrected chi connectivity index (χ2v) is 5.13. The Balaban J connectivity index is 2.48. The molecule has 7 heteroatoms. The molecular weight excluding hydrogens is 269 g/mol. The number of aromatic amines is 1. The van der Waals surface area contributed by atoms with Crippen LogP contribution in [0, 0.1) is 5.82 Å². The van der Waals surface area contributed by atoms with Crippen LogP contribution in [-0.2, 0) is 0 Å². The number of halogens is 1. The van der Waals surface area contributed by atoms with E-state index in [0.717, 1.165) is 11.8 Å². The van der Waals surface area contributed by atoms with E-state index in [4.69, 9.17) is 0 Å². The van der Waals surface area contributed by atoms with Crippen molar-refractivity contribution in [2.75, 3.05) is 0 Å². The molecule has 0 spiro atoms.